The van der Waals surface area contributed by atoms with Gasteiger partial charge in [-0.25, -0.2) is 4.98 Å². The van der Waals surface area contributed by atoms with Gasteiger partial charge in [-0.05, 0) is 66.6 Å². The number of para-hydroxylation sites is 1. The predicted octanol–water partition coefficient (Wildman–Crippen LogP) is 5.48. The molecule has 0 radical (unpaired) electrons. The van der Waals surface area contributed by atoms with E-state index in [1.54, 1.807) is 32.4 Å². The highest BCUT2D eigenvalue weighted by Crippen LogP contribution is 2.32. The predicted molar refractivity (Wildman–Crippen MR) is 150 cm³/mol. The minimum atomic E-state index is -0.493. The smallest absolute Gasteiger partial charge is 0.252 e. The van der Waals surface area contributed by atoms with Crippen molar-refractivity contribution in [2.24, 2.45) is 0 Å². The van der Waals surface area contributed by atoms with E-state index in [9.17, 15) is 9.90 Å². The molecule has 0 fully saturated rings. The summed E-state index contributed by atoms with van der Waals surface area (Å²) in [7, 11) is 3.19. The van der Waals surface area contributed by atoms with Crippen LogP contribution in [0.15, 0.2) is 83.4 Å². The first-order valence-corrected chi connectivity index (χ1v) is 12.6. The fourth-order valence-electron chi connectivity index (χ4n) is 4.91. The fraction of sp³-hybridized carbons (Fsp3) is 0.161. The van der Waals surface area contributed by atoms with Gasteiger partial charge in [-0.3, -0.25) is 4.79 Å². The average Bonchev–Trinajstić information content (AvgIpc) is 3.59. The number of nitrogens with zero attached hydrogens (tertiary/aromatic N) is 1. The van der Waals surface area contributed by atoms with Gasteiger partial charge in [-0.15, -0.1) is 0 Å². The fourth-order valence-corrected chi connectivity index (χ4v) is 4.91. The van der Waals surface area contributed by atoms with E-state index < -0.39 is 6.04 Å². The van der Waals surface area contributed by atoms with Crippen LogP contribution in [-0.4, -0.2) is 47.8 Å². The first-order valence-electron chi connectivity index (χ1n) is 12.6. The molecule has 39 heavy (non-hydrogen) atoms. The molecule has 1 amide bonds. The summed E-state index contributed by atoms with van der Waals surface area (Å²) in [6, 6.07) is 22.0. The second-order valence-electron chi connectivity index (χ2n) is 9.37. The number of fused-ring (bicyclic) bond motifs is 3. The molecule has 0 aliphatic rings. The molecule has 3 heterocycles. The topological polar surface area (TPSA) is 110 Å². The third kappa shape index (κ3) is 4.66. The van der Waals surface area contributed by atoms with Gasteiger partial charge < -0.3 is 29.3 Å². The average molecular weight is 522 g/mol. The lowest BCUT2D eigenvalue weighted by Crippen LogP contribution is -2.39. The number of hydrogen-bond acceptors (Lipinski definition) is 6. The van der Waals surface area contributed by atoms with Crippen molar-refractivity contribution in [3.63, 3.8) is 0 Å². The standard InChI is InChI=1S/C31H27N3O5/c1-37-21-8-10-29-18(12-21)13-30(39-29)28-15-25(24-14-22(38-2)7-9-27(24)34-28)31(36)33-20(17-35)11-19-16-32-26-6-4-3-5-23(19)26/h3-10,12-16,20,32,35H,11,17H2,1-2H3,(H,33,36)/t20-/m1/s1. The lowest BCUT2D eigenvalue weighted by molar-refractivity contribution is 0.0918. The molecule has 6 rings (SSSR count). The Morgan fingerprint density at radius 1 is 1.00 bits per heavy atom. The number of rotatable bonds is 8. The molecule has 0 unspecified atom stereocenters. The number of pyridine rings is 1. The van der Waals surface area contributed by atoms with Gasteiger partial charge in [0, 0.05) is 27.9 Å². The zero-order valence-corrected chi connectivity index (χ0v) is 21.5. The lowest BCUT2D eigenvalue weighted by atomic mass is 10.0. The van der Waals surface area contributed by atoms with Crippen LogP contribution >= 0.6 is 0 Å². The highest BCUT2D eigenvalue weighted by Gasteiger charge is 2.21. The van der Waals surface area contributed by atoms with Gasteiger partial charge in [0.25, 0.3) is 5.91 Å². The number of aromatic amines is 1. The van der Waals surface area contributed by atoms with Gasteiger partial charge in [0.2, 0.25) is 0 Å². The number of carbonyl (C=O) groups excluding carboxylic acids is 1. The molecule has 0 aliphatic carbocycles. The number of aliphatic hydroxyl groups excluding tert-OH is 1. The molecule has 0 saturated carbocycles. The van der Waals surface area contributed by atoms with Gasteiger partial charge in [-0.1, -0.05) is 18.2 Å². The van der Waals surface area contributed by atoms with Crippen LogP contribution in [0.25, 0.3) is 44.2 Å². The monoisotopic (exact) mass is 521 g/mol. The Morgan fingerprint density at radius 3 is 2.62 bits per heavy atom. The Balaban J connectivity index is 1.38. The molecule has 3 aromatic heterocycles. The number of methoxy groups -OCH3 is 2. The summed E-state index contributed by atoms with van der Waals surface area (Å²) in [5, 5.41) is 15.7. The maximum absolute atomic E-state index is 13.7. The van der Waals surface area contributed by atoms with Crippen molar-refractivity contribution in [1.29, 1.82) is 0 Å². The van der Waals surface area contributed by atoms with Crippen molar-refractivity contribution in [2.75, 3.05) is 20.8 Å². The summed E-state index contributed by atoms with van der Waals surface area (Å²) in [5.41, 5.74) is 4.26. The minimum Gasteiger partial charge on any atom is -0.497 e. The van der Waals surface area contributed by atoms with Crippen LogP contribution in [0.3, 0.4) is 0 Å². The van der Waals surface area contributed by atoms with Crippen molar-refractivity contribution >= 4 is 38.7 Å². The molecule has 0 aliphatic heterocycles. The number of benzene rings is 3. The van der Waals surface area contributed by atoms with Gasteiger partial charge in [0.1, 0.15) is 22.8 Å². The number of amides is 1. The van der Waals surface area contributed by atoms with Crippen LogP contribution < -0.4 is 14.8 Å². The Bertz CT molecular complexity index is 1820. The molecule has 196 valence electrons. The zero-order valence-electron chi connectivity index (χ0n) is 21.5. The number of hydrogen-bond donors (Lipinski definition) is 3. The largest absolute Gasteiger partial charge is 0.497 e. The third-order valence-corrected chi connectivity index (χ3v) is 6.93. The van der Waals surface area contributed by atoms with Crippen LogP contribution in [0.1, 0.15) is 15.9 Å². The molecule has 8 heteroatoms. The van der Waals surface area contributed by atoms with Crippen molar-refractivity contribution in [1.82, 2.24) is 15.3 Å². The summed E-state index contributed by atoms with van der Waals surface area (Å²) >= 11 is 0. The summed E-state index contributed by atoms with van der Waals surface area (Å²) < 4.78 is 16.8. The minimum absolute atomic E-state index is 0.212. The second kappa shape index (κ2) is 10.2. The number of furan rings is 1. The quantitative estimate of drug-likeness (QED) is 0.245. The normalized spacial score (nSPS) is 12.2. The molecule has 0 spiro atoms. The second-order valence-corrected chi connectivity index (χ2v) is 9.37. The van der Waals surface area contributed by atoms with Crippen LogP contribution in [0.2, 0.25) is 0 Å². The summed E-state index contributed by atoms with van der Waals surface area (Å²) in [6.07, 6.45) is 2.39. The van der Waals surface area contributed by atoms with Crippen molar-refractivity contribution in [2.45, 2.75) is 12.5 Å². The summed E-state index contributed by atoms with van der Waals surface area (Å²) in [5.74, 6) is 1.54. The maximum Gasteiger partial charge on any atom is 0.252 e. The van der Waals surface area contributed by atoms with Crippen LogP contribution in [0, 0.1) is 0 Å². The van der Waals surface area contributed by atoms with E-state index in [-0.39, 0.29) is 12.5 Å². The molecule has 8 nitrogen and oxygen atoms in total. The van der Waals surface area contributed by atoms with Gasteiger partial charge in [0.05, 0.1) is 37.9 Å². The summed E-state index contributed by atoms with van der Waals surface area (Å²) in [6.45, 7) is -0.212. The van der Waals surface area contributed by atoms with Crippen LogP contribution in [-0.2, 0) is 6.42 Å². The lowest BCUT2D eigenvalue weighted by Gasteiger charge is -2.17. The van der Waals surface area contributed by atoms with E-state index in [0.29, 0.717) is 45.7 Å². The molecule has 3 N–H and O–H groups in total. The van der Waals surface area contributed by atoms with Crippen LogP contribution in [0.4, 0.5) is 0 Å². The van der Waals surface area contributed by atoms with Crippen molar-refractivity contribution in [3.8, 4) is 23.0 Å². The van der Waals surface area contributed by atoms with Gasteiger partial charge in [-0.2, -0.15) is 0 Å². The number of H-pyrrole nitrogens is 1. The van der Waals surface area contributed by atoms with E-state index in [1.165, 1.54) is 0 Å². The summed E-state index contributed by atoms with van der Waals surface area (Å²) in [4.78, 5) is 21.7. The number of aliphatic hydroxyl groups is 1. The zero-order chi connectivity index (χ0) is 26.9. The number of ether oxygens (including phenoxy) is 2. The molecule has 3 aromatic carbocycles. The first-order chi connectivity index (χ1) is 19.1. The van der Waals surface area contributed by atoms with Gasteiger partial charge >= 0.3 is 0 Å². The van der Waals surface area contributed by atoms with Crippen molar-refractivity contribution in [3.05, 3.63) is 90.1 Å². The van der Waals surface area contributed by atoms with E-state index in [2.05, 4.69) is 10.3 Å². The highest BCUT2D eigenvalue weighted by atomic mass is 16.5. The molecular formula is C31H27N3O5. The molecule has 0 bridgehead atoms. The van der Waals surface area contributed by atoms with E-state index in [1.807, 2.05) is 60.8 Å². The van der Waals surface area contributed by atoms with Crippen molar-refractivity contribution < 1.29 is 23.8 Å². The molecule has 6 aromatic rings. The number of carbonyl (C=O) groups is 1. The first kappa shape index (κ1) is 24.5. The number of nitrogens with one attached hydrogen (secondary N) is 2. The molecule has 0 saturated heterocycles. The third-order valence-electron chi connectivity index (χ3n) is 6.93. The SMILES string of the molecule is COc1ccc2oc(-c3cc(C(=O)N[C@@H](CO)Cc4c[nH]c5ccccc45)c4cc(OC)ccc4n3)cc2c1. The Kier molecular flexibility index (Phi) is 6.38. The number of aromatic nitrogens is 2. The van der Waals surface area contributed by atoms with E-state index in [0.717, 1.165) is 27.6 Å². The van der Waals surface area contributed by atoms with Gasteiger partial charge in [0.15, 0.2) is 5.76 Å². The Labute approximate surface area is 224 Å². The highest BCUT2D eigenvalue weighted by molar-refractivity contribution is 6.07. The van der Waals surface area contributed by atoms with E-state index in [4.69, 9.17) is 18.9 Å². The Morgan fingerprint density at radius 2 is 1.79 bits per heavy atom. The maximum atomic E-state index is 13.7. The molecular weight excluding hydrogens is 494 g/mol. The van der Waals surface area contributed by atoms with Crippen LogP contribution in [0.5, 0.6) is 11.5 Å². The Hall–Kier alpha value is -4.82. The van der Waals surface area contributed by atoms with E-state index >= 15 is 0 Å². The molecule has 1 atom stereocenters.